The van der Waals surface area contributed by atoms with Gasteiger partial charge in [0.25, 0.3) is 5.91 Å². The first-order valence-electron chi connectivity index (χ1n) is 13.8. The maximum absolute atomic E-state index is 13.4. The van der Waals surface area contributed by atoms with Crippen LogP contribution in [0.3, 0.4) is 0 Å². The van der Waals surface area contributed by atoms with E-state index in [1.807, 2.05) is 18.2 Å². The molecule has 4 atom stereocenters. The zero-order valence-electron chi connectivity index (χ0n) is 24.5. The van der Waals surface area contributed by atoms with E-state index in [1.165, 1.54) is 26.3 Å². The molecule has 1 amide bonds. The smallest absolute Gasteiger partial charge is 0.353 e. The zero-order valence-corrected chi connectivity index (χ0v) is 25.3. The number of benzene rings is 1. The Balaban J connectivity index is 1.59. The van der Waals surface area contributed by atoms with Crippen LogP contribution < -0.4 is 14.8 Å². The Bertz CT molecular complexity index is 1490. The molecule has 44 heavy (non-hydrogen) atoms. The number of rotatable bonds is 9. The second-order valence-corrected chi connectivity index (χ2v) is 11.2. The van der Waals surface area contributed by atoms with Crippen molar-refractivity contribution in [1.82, 2.24) is 10.3 Å². The molecule has 3 heterocycles. The van der Waals surface area contributed by atoms with Crippen LogP contribution in [0.25, 0.3) is 0 Å². The summed E-state index contributed by atoms with van der Waals surface area (Å²) in [7, 11) is 1.32. The van der Waals surface area contributed by atoms with Gasteiger partial charge in [0.2, 0.25) is 5.75 Å². The van der Waals surface area contributed by atoms with Crippen molar-refractivity contribution in [3.63, 3.8) is 0 Å². The lowest BCUT2D eigenvalue weighted by atomic mass is 9.91. The quantitative estimate of drug-likeness (QED) is 0.275. The lowest BCUT2D eigenvalue weighted by molar-refractivity contribution is -0.176. The molecule has 0 aliphatic carbocycles. The second-order valence-electron chi connectivity index (χ2n) is 10.2. The minimum Gasteiger partial charge on any atom is -0.493 e. The number of hydrogen-bond acceptors (Lipinski definition) is 12. The third-order valence-electron chi connectivity index (χ3n) is 6.69. The van der Waals surface area contributed by atoms with Crippen molar-refractivity contribution >= 4 is 41.1 Å². The van der Waals surface area contributed by atoms with E-state index in [1.54, 1.807) is 43.5 Å². The molecule has 0 spiro atoms. The third-order valence-corrected chi connectivity index (χ3v) is 7.54. The Kier molecular flexibility index (Phi) is 10.7. The Morgan fingerprint density at radius 3 is 2.48 bits per heavy atom. The lowest BCUT2D eigenvalue weighted by Gasteiger charge is -2.29. The van der Waals surface area contributed by atoms with Crippen LogP contribution in [0.5, 0.6) is 11.5 Å². The molecule has 13 heteroatoms. The van der Waals surface area contributed by atoms with E-state index in [4.69, 9.17) is 23.7 Å². The van der Waals surface area contributed by atoms with Gasteiger partial charge in [0.05, 0.1) is 13.0 Å². The number of nitrogens with one attached hydrogen (secondary N) is 1. The van der Waals surface area contributed by atoms with Gasteiger partial charge in [-0.2, -0.15) is 0 Å². The average Bonchev–Trinajstić information content (AvgIpc) is 3.56. The molecule has 1 N–H and O–H groups in total. The van der Waals surface area contributed by atoms with Crippen molar-refractivity contribution in [2.24, 2.45) is 11.8 Å². The van der Waals surface area contributed by atoms with Crippen LogP contribution in [-0.4, -0.2) is 66.7 Å². The summed E-state index contributed by atoms with van der Waals surface area (Å²) in [5.41, 5.74) is 0.420. The fourth-order valence-corrected chi connectivity index (χ4v) is 4.97. The fourth-order valence-electron chi connectivity index (χ4n) is 4.37. The maximum atomic E-state index is 13.4. The molecule has 1 aliphatic rings. The van der Waals surface area contributed by atoms with E-state index < -0.39 is 66.5 Å². The van der Waals surface area contributed by atoms with Gasteiger partial charge in [0.1, 0.15) is 23.5 Å². The summed E-state index contributed by atoms with van der Waals surface area (Å²) in [6.07, 6.45) is -0.844. The van der Waals surface area contributed by atoms with Gasteiger partial charge in [-0.25, -0.2) is 14.6 Å². The number of carbonyl (C=O) groups is 5. The Hall–Kier alpha value is -4.78. The molecule has 0 unspecified atom stereocenters. The van der Waals surface area contributed by atoms with Crippen LogP contribution in [-0.2, 0) is 35.0 Å². The minimum absolute atomic E-state index is 0.0470. The van der Waals surface area contributed by atoms with E-state index >= 15 is 0 Å². The molecule has 4 rings (SSSR count). The lowest BCUT2D eigenvalue weighted by Crippen LogP contribution is -2.47. The van der Waals surface area contributed by atoms with E-state index in [0.717, 1.165) is 16.9 Å². The van der Waals surface area contributed by atoms with Gasteiger partial charge in [-0.05, 0) is 30.4 Å². The summed E-state index contributed by atoms with van der Waals surface area (Å²) in [5, 5.41) is 4.14. The predicted molar refractivity (Wildman–Crippen MR) is 156 cm³/mol. The number of hydrogen-bond donors (Lipinski definition) is 1. The number of pyridine rings is 1. The van der Waals surface area contributed by atoms with Crippen molar-refractivity contribution in [3.8, 4) is 11.5 Å². The van der Waals surface area contributed by atoms with Crippen LogP contribution in [0, 0.1) is 11.8 Å². The van der Waals surface area contributed by atoms with E-state index in [0.29, 0.717) is 0 Å². The van der Waals surface area contributed by atoms with Crippen molar-refractivity contribution in [2.75, 3.05) is 13.7 Å². The molecule has 0 radical (unpaired) electrons. The van der Waals surface area contributed by atoms with Crippen molar-refractivity contribution in [1.29, 1.82) is 0 Å². The fraction of sp³-hybridized carbons (Fsp3) is 0.355. The highest BCUT2D eigenvalue weighted by Crippen LogP contribution is 2.31. The highest BCUT2D eigenvalue weighted by Gasteiger charge is 2.42. The third kappa shape index (κ3) is 7.78. The van der Waals surface area contributed by atoms with Gasteiger partial charge in [-0.1, -0.05) is 50.2 Å². The van der Waals surface area contributed by atoms with Crippen LogP contribution in [0.4, 0.5) is 0 Å². The Labute approximate surface area is 257 Å². The number of cyclic esters (lactones) is 2. The van der Waals surface area contributed by atoms with Gasteiger partial charge in [0, 0.05) is 12.3 Å². The standard InChI is InChI=1S/C31H32N2O10S/c1-17(2)28(35)42-25-18(3)41-30(37)21(16-40-29(36)20(25)15-19-9-6-5-7-10-19)33-27(34)24-26(22(39-4)12-13-32-24)43-31(38)23-11-8-14-44-23/h5-14,17-18,20-21,25H,15-16H2,1-4H3,(H,33,34)/t18-,20+,21-,25-/m0/s1. The largest absolute Gasteiger partial charge is 0.493 e. The molecular formula is C31H32N2O10S. The summed E-state index contributed by atoms with van der Waals surface area (Å²) in [6, 6.07) is 12.2. The SMILES string of the molecule is COc1ccnc(C(=O)N[C@H]2COC(=O)[C@H](Cc3ccccc3)[C@@H](OC(=O)C(C)C)[C@H](C)OC2=O)c1OC(=O)c1cccs1. The van der Waals surface area contributed by atoms with Gasteiger partial charge in [-0.3, -0.25) is 14.4 Å². The van der Waals surface area contributed by atoms with E-state index in [9.17, 15) is 24.0 Å². The molecular weight excluding hydrogens is 592 g/mol. The molecule has 1 saturated heterocycles. The summed E-state index contributed by atoms with van der Waals surface area (Å²) in [4.78, 5) is 69.7. The van der Waals surface area contributed by atoms with E-state index in [2.05, 4.69) is 10.3 Å². The summed E-state index contributed by atoms with van der Waals surface area (Å²) < 4.78 is 27.5. The molecule has 0 saturated carbocycles. The predicted octanol–water partition coefficient (Wildman–Crippen LogP) is 3.38. The summed E-state index contributed by atoms with van der Waals surface area (Å²) in [6.45, 7) is 4.20. The summed E-state index contributed by atoms with van der Waals surface area (Å²) in [5.74, 6) is -5.67. The number of carbonyl (C=O) groups excluding carboxylic acids is 5. The van der Waals surface area contributed by atoms with Gasteiger partial charge in [0.15, 0.2) is 23.6 Å². The first-order valence-corrected chi connectivity index (χ1v) is 14.7. The van der Waals surface area contributed by atoms with Crippen LogP contribution in [0.1, 0.15) is 46.5 Å². The number of amides is 1. The second kappa shape index (κ2) is 14.6. The molecule has 0 bridgehead atoms. The molecule has 1 aliphatic heterocycles. The van der Waals surface area contributed by atoms with Crippen LogP contribution >= 0.6 is 11.3 Å². The first-order chi connectivity index (χ1) is 21.1. The maximum Gasteiger partial charge on any atom is 0.353 e. The normalized spacial score (nSPS) is 20.3. The van der Waals surface area contributed by atoms with Gasteiger partial charge < -0.3 is 29.0 Å². The van der Waals surface area contributed by atoms with E-state index in [-0.39, 0.29) is 28.5 Å². The van der Waals surface area contributed by atoms with Gasteiger partial charge in [-0.15, -0.1) is 11.3 Å². The first kappa shape index (κ1) is 32.1. The molecule has 12 nitrogen and oxygen atoms in total. The Morgan fingerprint density at radius 2 is 1.82 bits per heavy atom. The van der Waals surface area contributed by atoms with Crippen LogP contribution in [0.15, 0.2) is 60.1 Å². The molecule has 232 valence electrons. The van der Waals surface area contributed by atoms with Crippen molar-refractivity contribution in [3.05, 3.63) is 76.2 Å². The highest BCUT2D eigenvalue weighted by atomic mass is 32.1. The zero-order chi connectivity index (χ0) is 31.8. The van der Waals surface area contributed by atoms with Crippen molar-refractivity contribution in [2.45, 2.75) is 45.4 Å². The number of nitrogens with zero attached hydrogens (tertiary/aromatic N) is 1. The molecule has 1 aromatic carbocycles. The number of aromatic nitrogens is 1. The highest BCUT2D eigenvalue weighted by molar-refractivity contribution is 7.12. The number of esters is 4. The monoisotopic (exact) mass is 624 g/mol. The summed E-state index contributed by atoms with van der Waals surface area (Å²) >= 11 is 1.14. The average molecular weight is 625 g/mol. The number of ether oxygens (including phenoxy) is 5. The van der Waals surface area contributed by atoms with Crippen LogP contribution in [0.2, 0.25) is 0 Å². The van der Waals surface area contributed by atoms with Crippen molar-refractivity contribution < 1.29 is 47.7 Å². The molecule has 2 aromatic heterocycles. The topological polar surface area (TPSA) is 156 Å². The minimum atomic E-state index is -1.47. The molecule has 3 aromatic rings. The number of methoxy groups -OCH3 is 1. The van der Waals surface area contributed by atoms with Gasteiger partial charge >= 0.3 is 23.9 Å². The molecule has 1 fully saturated rings. The Morgan fingerprint density at radius 1 is 1.07 bits per heavy atom. The number of thiophene rings is 1.